The normalized spacial score (nSPS) is 45.3. The van der Waals surface area contributed by atoms with Gasteiger partial charge in [0.25, 0.3) is 0 Å². The molecule has 0 aromatic carbocycles. The van der Waals surface area contributed by atoms with Gasteiger partial charge in [-0.2, -0.15) is 0 Å². The van der Waals surface area contributed by atoms with Crippen LogP contribution in [0, 0.1) is 38.9 Å². The van der Waals surface area contributed by atoms with Gasteiger partial charge in [0.1, 0.15) is 5.78 Å². The van der Waals surface area contributed by atoms with Crippen molar-refractivity contribution in [1.29, 1.82) is 0 Å². The summed E-state index contributed by atoms with van der Waals surface area (Å²) in [6, 6.07) is 0. The molecular formula is C30H44O2. The zero-order valence-corrected chi connectivity index (χ0v) is 21.6. The van der Waals surface area contributed by atoms with E-state index < -0.39 is 5.41 Å². The Morgan fingerprint density at radius 2 is 1.75 bits per heavy atom. The van der Waals surface area contributed by atoms with Crippen LogP contribution >= 0.6 is 0 Å². The van der Waals surface area contributed by atoms with Crippen molar-refractivity contribution in [2.45, 2.75) is 99.8 Å². The molecule has 0 unspecified atom stereocenters. The van der Waals surface area contributed by atoms with Gasteiger partial charge in [-0.1, -0.05) is 52.0 Å². The van der Waals surface area contributed by atoms with E-state index in [0.717, 1.165) is 36.8 Å². The van der Waals surface area contributed by atoms with E-state index in [1.165, 1.54) is 19.3 Å². The summed E-state index contributed by atoms with van der Waals surface area (Å²) in [5.41, 5.74) is 2.13. The molecule has 0 aliphatic heterocycles. The summed E-state index contributed by atoms with van der Waals surface area (Å²) in [4.78, 5) is 26.6. The Kier molecular flexibility index (Phi) is 5.39. The van der Waals surface area contributed by atoms with Crippen LogP contribution in [0.25, 0.3) is 0 Å². The fraction of sp³-hybridized carbons (Fsp3) is 0.733. The zero-order valence-electron chi connectivity index (χ0n) is 21.6. The highest BCUT2D eigenvalue weighted by atomic mass is 16.1. The first-order valence-corrected chi connectivity index (χ1v) is 12.8. The standard InChI is InChI=1S/C30H44O2/c1-20(2)11-9-10-14-27(5)15-17-29(7)25-23(31)19-22-21(12-13-24(32)26(22,3)4)28(25,6)16-18-30(27,29)8/h9,11,19,21,25H,1,10,12-18H2,2-8H3/b11-9+/t21-,25-,27+,28+,29+,30-/m1/s1. The van der Waals surface area contributed by atoms with Crippen molar-refractivity contribution < 1.29 is 9.59 Å². The maximum Gasteiger partial charge on any atom is 0.159 e. The number of allylic oxidation sites excluding steroid dienone is 5. The Morgan fingerprint density at radius 3 is 2.41 bits per heavy atom. The van der Waals surface area contributed by atoms with Gasteiger partial charge < -0.3 is 0 Å². The maximum absolute atomic E-state index is 13.9. The molecule has 176 valence electrons. The molecule has 0 radical (unpaired) electrons. The largest absolute Gasteiger partial charge is 0.299 e. The highest BCUT2D eigenvalue weighted by Gasteiger charge is 2.71. The van der Waals surface area contributed by atoms with Gasteiger partial charge >= 0.3 is 0 Å². The first kappa shape index (κ1) is 23.7. The van der Waals surface area contributed by atoms with Crippen molar-refractivity contribution in [2.75, 3.05) is 0 Å². The molecule has 0 bridgehead atoms. The lowest BCUT2D eigenvalue weighted by Crippen LogP contribution is -2.62. The molecule has 0 saturated heterocycles. The molecule has 0 spiro atoms. The first-order chi connectivity index (χ1) is 14.7. The minimum atomic E-state index is -0.492. The molecule has 4 rings (SSSR count). The van der Waals surface area contributed by atoms with Gasteiger partial charge in [-0.15, -0.1) is 0 Å². The van der Waals surface area contributed by atoms with Gasteiger partial charge in [-0.05, 0) is 105 Å². The number of rotatable bonds is 4. The quantitative estimate of drug-likeness (QED) is 0.424. The van der Waals surface area contributed by atoms with E-state index in [1.807, 2.05) is 26.8 Å². The van der Waals surface area contributed by atoms with Crippen molar-refractivity contribution in [1.82, 2.24) is 0 Å². The van der Waals surface area contributed by atoms with Gasteiger partial charge in [-0.3, -0.25) is 9.59 Å². The van der Waals surface area contributed by atoms with Crippen molar-refractivity contribution in [2.24, 2.45) is 38.9 Å². The van der Waals surface area contributed by atoms with E-state index in [1.54, 1.807) is 0 Å². The van der Waals surface area contributed by atoms with Gasteiger partial charge in [0, 0.05) is 17.8 Å². The third kappa shape index (κ3) is 2.96. The fourth-order valence-corrected chi connectivity index (χ4v) is 8.86. The molecule has 2 heteroatoms. The molecule has 6 atom stereocenters. The first-order valence-electron chi connectivity index (χ1n) is 12.8. The van der Waals surface area contributed by atoms with Crippen LogP contribution in [-0.4, -0.2) is 11.6 Å². The second-order valence-electron chi connectivity index (χ2n) is 13.2. The Morgan fingerprint density at radius 1 is 1.06 bits per heavy atom. The van der Waals surface area contributed by atoms with Crippen molar-refractivity contribution in [3.8, 4) is 0 Å². The van der Waals surface area contributed by atoms with Crippen molar-refractivity contribution >= 4 is 11.6 Å². The lowest BCUT2D eigenvalue weighted by atomic mass is 9.38. The molecule has 32 heavy (non-hydrogen) atoms. The summed E-state index contributed by atoms with van der Waals surface area (Å²) < 4.78 is 0. The topological polar surface area (TPSA) is 34.1 Å². The number of fused-ring (bicyclic) bond motifs is 5. The smallest absolute Gasteiger partial charge is 0.159 e. The van der Waals surface area contributed by atoms with Gasteiger partial charge in [0.15, 0.2) is 5.78 Å². The number of hydrogen-bond acceptors (Lipinski definition) is 2. The van der Waals surface area contributed by atoms with Gasteiger partial charge in [0.05, 0.1) is 0 Å². The predicted molar refractivity (Wildman–Crippen MR) is 132 cm³/mol. The van der Waals surface area contributed by atoms with Crippen molar-refractivity contribution in [3.63, 3.8) is 0 Å². The Hall–Kier alpha value is -1.44. The summed E-state index contributed by atoms with van der Waals surface area (Å²) >= 11 is 0. The minimum Gasteiger partial charge on any atom is -0.299 e. The highest BCUT2D eigenvalue weighted by molar-refractivity contribution is 5.98. The van der Waals surface area contributed by atoms with Crippen LogP contribution in [0.2, 0.25) is 0 Å². The number of ketones is 2. The van der Waals surface area contributed by atoms with Crippen LogP contribution < -0.4 is 0 Å². The van der Waals surface area contributed by atoms with Crippen LogP contribution in [0.3, 0.4) is 0 Å². The molecule has 4 aliphatic carbocycles. The number of carbonyl (C=O) groups is 2. The second-order valence-corrected chi connectivity index (χ2v) is 13.2. The third-order valence-corrected chi connectivity index (χ3v) is 11.3. The van der Waals surface area contributed by atoms with Crippen LogP contribution in [-0.2, 0) is 9.59 Å². The SMILES string of the molecule is C=C(C)/C=C/CC[C@@]1(C)CC[C@@]2(C)[C@@H]3C(=O)C=C4[C@@H](CCC(=O)C4(C)C)[C@]3(C)CC[C@]12C. The minimum absolute atomic E-state index is 0.0114. The lowest BCUT2D eigenvalue weighted by molar-refractivity contribution is -0.169. The van der Waals surface area contributed by atoms with Crippen LogP contribution in [0.5, 0.6) is 0 Å². The van der Waals surface area contributed by atoms with Crippen molar-refractivity contribution in [3.05, 3.63) is 36.0 Å². The van der Waals surface area contributed by atoms with Crippen LogP contribution in [0.4, 0.5) is 0 Å². The number of Topliss-reactive ketones (excluding diaryl/α,β-unsaturated/α-hetero) is 1. The van der Waals surface area contributed by atoms with Crippen LogP contribution in [0.15, 0.2) is 36.0 Å². The molecule has 0 N–H and O–H groups in total. The average Bonchev–Trinajstić information content (AvgIpc) is 2.90. The maximum atomic E-state index is 13.9. The van der Waals surface area contributed by atoms with E-state index in [0.29, 0.717) is 23.9 Å². The summed E-state index contributed by atoms with van der Waals surface area (Å²) in [5, 5.41) is 0. The molecule has 0 amide bonds. The Bertz CT molecular complexity index is 919. The molecule has 3 saturated carbocycles. The van der Waals surface area contributed by atoms with E-state index in [2.05, 4.69) is 46.4 Å². The summed E-state index contributed by atoms with van der Waals surface area (Å²) in [5.74, 6) is 1.04. The molecule has 0 aromatic rings. The number of carbonyl (C=O) groups excluding carboxylic acids is 2. The molecule has 0 aromatic heterocycles. The van der Waals surface area contributed by atoms with E-state index in [4.69, 9.17) is 0 Å². The Balaban J connectivity index is 1.72. The molecule has 0 heterocycles. The van der Waals surface area contributed by atoms with E-state index in [-0.39, 0.29) is 27.6 Å². The lowest BCUT2D eigenvalue weighted by Gasteiger charge is -2.65. The van der Waals surface area contributed by atoms with E-state index >= 15 is 0 Å². The summed E-state index contributed by atoms with van der Waals surface area (Å²) in [6.07, 6.45) is 14.8. The number of hydrogen-bond donors (Lipinski definition) is 0. The highest BCUT2D eigenvalue weighted by Crippen LogP contribution is 2.76. The van der Waals surface area contributed by atoms with Crippen LogP contribution in [0.1, 0.15) is 99.8 Å². The fourth-order valence-electron chi connectivity index (χ4n) is 8.86. The third-order valence-electron chi connectivity index (χ3n) is 11.3. The molecular weight excluding hydrogens is 392 g/mol. The van der Waals surface area contributed by atoms with E-state index in [9.17, 15) is 9.59 Å². The summed E-state index contributed by atoms with van der Waals surface area (Å²) in [6.45, 7) is 20.0. The predicted octanol–water partition coefficient (Wildman–Crippen LogP) is 7.64. The second kappa shape index (κ2) is 7.28. The monoisotopic (exact) mass is 436 g/mol. The molecule has 2 nitrogen and oxygen atoms in total. The average molecular weight is 437 g/mol. The van der Waals surface area contributed by atoms with Gasteiger partial charge in [0.2, 0.25) is 0 Å². The Labute approximate surface area is 196 Å². The zero-order chi connectivity index (χ0) is 23.7. The molecule has 3 fully saturated rings. The summed E-state index contributed by atoms with van der Waals surface area (Å²) in [7, 11) is 0. The molecule has 4 aliphatic rings. The van der Waals surface area contributed by atoms with Gasteiger partial charge in [-0.25, -0.2) is 0 Å².